The maximum atomic E-state index is 12.4. The summed E-state index contributed by atoms with van der Waals surface area (Å²) in [5, 5.41) is 6.13. The van der Waals surface area contributed by atoms with E-state index in [1.165, 1.54) is 11.3 Å². The third-order valence-electron chi connectivity index (χ3n) is 3.47. The number of rotatable bonds is 6. The molecule has 0 atom stereocenters. The van der Waals surface area contributed by atoms with Gasteiger partial charge in [-0.25, -0.2) is 4.98 Å². The molecule has 0 unspecified atom stereocenters. The number of hydrogen-bond donors (Lipinski definition) is 2. The maximum absolute atomic E-state index is 12.4. The van der Waals surface area contributed by atoms with Crippen molar-refractivity contribution in [3.63, 3.8) is 0 Å². The normalized spacial score (nSPS) is 10.3. The van der Waals surface area contributed by atoms with Crippen LogP contribution in [-0.2, 0) is 6.54 Å². The van der Waals surface area contributed by atoms with E-state index in [0.29, 0.717) is 22.3 Å². The number of ether oxygens (including phenoxy) is 1. The highest BCUT2D eigenvalue weighted by atomic mass is 35.5. The standard InChI is InChI=1S/C18H16ClN3O2S/c1-24-16-8-7-12(17(23)22-13-5-3-2-4-6-13)9-15(16)20-10-14-11-21-18(19)25-14/h2-9,11,20H,10H2,1H3,(H,22,23). The van der Waals surface area contributed by atoms with Crippen LogP contribution in [0.2, 0.25) is 4.47 Å². The lowest BCUT2D eigenvalue weighted by atomic mass is 10.1. The molecular formula is C18H16ClN3O2S. The van der Waals surface area contributed by atoms with Crippen molar-refractivity contribution < 1.29 is 9.53 Å². The Kier molecular flexibility index (Phi) is 5.53. The van der Waals surface area contributed by atoms with Gasteiger partial charge in [-0.05, 0) is 30.3 Å². The summed E-state index contributed by atoms with van der Waals surface area (Å²) in [5.41, 5.74) is 2.01. The van der Waals surface area contributed by atoms with Gasteiger partial charge in [0.25, 0.3) is 5.91 Å². The van der Waals surface area contributed by atoms with Crippen molar-refractivity contribution in [2.24, 2.45) is 0 Å². The van der Waals surface area contributed by atoms with Crippen molar-refractivity contribution >= 4 is 40.2 Å². The van der Waals surface area contributed by atoms with Crippen molar-refractivity contribution in [3.05, 3.63) is 69.6 Å². The summed E-state index contributed by atoms with van der Waals surface area (Å²) in [4.78, 5) is 17.4. The monoisotopic (exact) mass is 373 g/mol. The van der Waals surface area contributed by atoms with Crippen LogP contribution in [0.25, 0.3) is 0 Å². The number of methoxy groups -OCH3 is 1. The van der Waals surface area contributed by atoms with E-state index in [1.807, 2.05) is 30.3 Å². The van der Waals surface area contributed by atoms with Gasteiger partial charge in [-0.3, -0.25) is 4.79 Å². The third kappa shape index (κ3) is 4.49. The van der Waals surface area contributed by atoms with Gasteiger partial charge < -0.3 is 15.4 Å². The topological polar surface area (TPSA) is 63.2 Å². The van der Waals surface area contributed by atoms with E-state index in [0.717, 1.165) is 16.3 Å². The van der Waals surface area contributed by atoms with Crippen LogP contribution in [0.5, 0.6) is 5.75 Å². The Bertz CT molecular complexity index is 868. The number of aromatic nitrogens is 1. The second-order valence-corrected chi connectivity index (χ2v) is 6.87. The molecule has 2 aromatic carbocycles. The van der Waals surface area contributed by atoms with Crippen LogP contribution in [-0.4, -0.2) is 18.0 Å². The molecule has 0 radical (unpaired) electrons. The van der Waals surface area contributed by atoms with Crippen molar-refractivity contribution in [2.45, 2.75) is 6.54 Å². The second kappa shape index (κ2) is 8.00. The maximum Gasteiger partial charge on any atom is 0.255 e. The number of carbonyl (C=O) groups is 1. The summed E-state index contributed by atoms with van der Waals surface area (Å²) in [6.45, 7) is 0.546. The van der Waals surface area contributed by atoms with Crippen molar-refractivity contribution in [3.8, 4) is 5.75 Å². The first-order valence-corrected chi connectivity index (χ1v) is 8.73. The lowest BCUT2D eigenvalue weighted by Gasteiger charge is -2.12. The van der Waals surface area contributed by atoms with E-state index < -0.39 is 0 Å². The second-order valence-electron chi connectivity index (χ2n) is 5.17. The number of benzene rings is 2. The van der Waals surface area contributed by atoms with Crippen molar-refractivity contribution in [1.82, 2.24) is 4.98 Å². The third-order valence-corrected chi connectivity index (χ3v) is 4.59. The molecule has 1 aromatic heterocycles. The zero-order valence-electron chi connectivity index (χ0n) is 13.5. The molecule has 3 aromatic rings. The Labute approximate surface area is 154 Å². The number of nitrogens with one attached hydrogen (secondary N) is 2. The molecule has 0 aliphatic carbocycles. The SMILES string of the molecule is COc1ccc(C(=O)Nc2ccccc2)cc1NCc1cnc(Cl)s1. The Morgan fingerprint density at radius 2 is 2.04 bits per heavy atom. The fourth-order valence-corrected chi connectivity index (χ4v) is 3.18. The number of nitrogens with zero attached hydrogens (tertiary/aromatic N) is 1. The highest BCUT2D eigenvalue weighted by molar-refractivity contribution is 7.15. The highest BCUT2D eigenvalue weighted by Gasteiger charge is 2.11. The Balaban J connectivity index is 1.75. The van der Waals surface area contributed by atoms with E-state index in [9.17, 15) is 4.79 Å². The number of amides is 1. The van der Waals surface area contributed by atoms with Crippen LogP contribution in [0.15, 0.2) is 54.7 Å². The van der Waals surface area contributed by atoms with Gasteiger partial charge in [0.05, 0.1) is 19.3 Å². The molecule has 5 nitrogen and oxygen atoms in total. The molecular weight excluding hydrogens is 358 g/mol. The molecule has 0 saturated carbocycles. The molecule has 128 valence electrons. The summed E-state index contributed by atoms with van der Waals surface area (Å²) in [6, 6.07) is 14.6. The van der Waals surface area contributed by atoms with E-state index in [-0.39, 0.29) is 5.91 Å². The minimum atomic E-state index is -0.183. The summed E-state index contributed by atoms with van der Waals surface area (Å²) in [6.07, 6.45) is 1.72. The Morgan fingerprint density at radius 3 is 2.72 bits per heavy atom. The first-order valence-electron chi connectivity index (χ1n) is 7.54. The van der Waals surface area contributed by atoms with Crippen LogP contribution >= 0.6 is 22.9 Å². The number of carbonyl (C=O) groups excluding carboxylic acids is 1. The van der Waals surface area contributed by atoms with Gasteiger partial charge in [0.15, 0.2) is 4.47 Å². The number of thiazole rings is 1. The van der Waals surface area contributed by atoms with Gasteiger partial charge in [0, 0.05) is 22.3 Å². The lowest BCUT2D eigenvalue weighted by Crippen LogP contribution is -2.12. The number of halogens is 1. The Morgan fingerprint density at radius 1 is 1.24 bits per heavy atom. The zero-order valence-corrected chi connectivity index (χ0v) is 15.0. The minimum absolute atomic E-state index is 0.183. The summed E-state index contributed by atoms with van der Waals surface area (Å²) < 4.78 is 5.86. The average molecular weight is 374 g/mol. The zero-order chi connectivity index (χ0) is 17.6. The van der Waals surface area contributed by atoms with Crippen LogP contribution < -0.4 is 15.4 Å². The molecule has 0 saturated heterocycles. The molecule has 7 heteroatoms. The van der Waals surface area contributed by atoms with Crippen molar-refractivity contribution in [1.29, 1.82) is 0 Å². The Hall–Kier alpha value is -2.57. The van der Waals surface area contributed by atoms with Crippen molar-refractivity contribution in [2.75, 3.05) is 17.7 Å². The summed E-state index contributed by atoms with van der Waals surface area (Å²) in [5.74, 6) is 0.476. The van der Waals surface area contributed by atoms with Crippen LogP contribution in [0.3, 0.4) is 0 Å². The molecule has 0 spiro atoms. The fourth-order valence-electron chi connectivity index (χ4n) is 2.26. The predicted molar refractivity (Wildman–Crippen MR) is 102 cm³/mol. The van der Waals surface area contributed by atoms with Gasteiger partial charge in [-0.2, -0.15) is 0 Å². The van der Waals surface area contributed by atoms with Crippen LogP contribution in [0, 0.1) is 0 Å². The smallest absolute Gasteiger partial charge is 0.255 e. The molecule has 0 aliphatic heterocycles. The molecule has 0 aliphatic rings. The van der Waals surface area contributed by atoms with Gasteiger partial charge in [0.1, 0.15) is 5.75 Å². The van der Waals surface area contributed by atoms with Gasteiger partial charge in [0.2, 0.25) is 0 Å². The predicted octanol–water partition coefficient (Wildman–Crippen LogP) is 4.67. The highest BCUT2D eigenvalue weighted by Crippen LogP contribution is 2.27. The summed E-state index contributed by atoms with van der Waals surface area (Å²) >= 11 is 7.25. The number of para-hydroxylation sites is 1. The molecule has 2 N–H and O–H groups in total. The first-order chi connectivity index (χ1) is 12.2. The van der Waals surface area contributed by atoms with E-state index in [4.69, 9.17) is 16.3 Å². The van der Waals surface area contributed by atoms with Gasteiger partial charge in [-0.1, -0.05) is 29.8 Å². The molecule has 3 rings (SSSR count). The van der Waals surface area contributed by atoms with Gasteiger partial charge in [-0.15, -0.1) is 11.3 Å². The van der Waals surface area contributed by atoms with Gasteiger partial charge >= 0.3 is 0 Å². The molecule has 1 amide bonds. The fraction of sp³-hybridized carbons (Fsp3) is 0.111. The largest absolute Gasteiger partial charge is 0.495 e. The van der Waals surface area contributed by atoms with Crippen LogP contribution in [0.4, 0.5) is 11.4 Å². The quantitative estimate of drug-likeness (QED) is 0.659. The number of anilines is 2. The molecule has 1 heterocycles. The van der Waals surface area contributed by atoms with E-state index in [1.54, 1.807) is 31.5 Å². The average Bonchev–Trinajstić information content (AvgIpc) is 3.06. The minimum Gasteiger partial charge on any atom is -0.495 e. The molecule has 25 heavy (non-hydrogen) atoms. The summed E-state index contributed by atoms with van der Waals surface area (Å²) in [7, 11) is 1.59. The lowest BCUT2D eigenvalue weighted by molar-refractivity contribution is 0.102. The first kappa shape index (κ1) is 17.3. The molecule has 0 bridgehead atoms. The van der Waals surface area contributed by atoms with Crippen LogP contribution in [0.1, 0.15) is 15.2 Å². The number of hydrogen-bond acceptors (Lipinski definition) is 5. The molecule has 0 fully saturated rings. The van der Waals surface area contributed by atoms with E-state index >= 15 is 0 Å². The van der Waals surface area contributed by atoms with E-state index in [2.05, 4.69) is 15.6 Å².